The highest BCUT2D eigenvalue weighted by Crippen LogP contribution is 2.41. The Labute approximate surface area is 427 Å². The zero-order valence-electron chi connectivity index (χ0n) is 39.7. The normalized spacial score (nSPS) is 15.9. The number of piperazine rings is 2. The summed E-state index contributed by atoms with van der Waals surface area (Å²) in [4.78, 5) is 31.7. The molecule has 2 unspecified atom stereocenters. The number of aromatic nitrogens is 6. The Morgan fingerprint density at radius 1 is 0.479 bits per heavy atom. The van der Waals surface area contributed by atoms with Gasteiger partial charge in [0, 0.05) is 106 Å². The first-order chi connectivity index (χ1) is 35.0. The lowest BCUT2D eigenvalue weighted by molar-refractivity contribution is 0.103. The minimum absolute atomic E-state index is 0.0908. The van der Waals surface area contributed by atoms with Gasteiger partial charge in [0.15, 0.2) is 0 Å². The summed E-state index contributed by atoms with van der Waals surface area (Å²) < 4.78 is 2.30. The smallest absolute Gasteiger partial charge is 0.121 e. The molecule has 0 saturated carbocycles. The van der Waals surface area contributed by atoms with Crippen molar-refractivity contribution in [1.82, 2.24) is 49.1 Å². The Hall–Kier alpha value is -6.76. The van der Waals surface area contributed by atoms with Gasteiger partial charge in [0.1, 0.15) is 5.54 Å². The molecule has 0 amide bonds. The summed E-state index contributed by atoms with van der Waals surface area (Å²) in [5.41, 5.74) is 9.85. The van der Waals surface area contributed by atoms with E-state index in [1.807, 2.05) is 61.3 Å². The summed E-state index contributed by atoms with van der Waals surface area (Å²) in [6, 6.07) is 61.1. The van der Waals surface area contributed by atoms with Crippen molar-refractivity contribution in [3.8, 4) is 0 Å². The predicted octanol–water partition coefficient (Wildman–Crippen LogP) is 11.0. The van der Waals surface area contributed by atoms with Gasteiger partial charge in [-0.25, -0.2) is 9.97 Å². The highest BCUT2D eigenvalue weighted by Gasteiger charge is 2.39. The Bertz CT molecular complexity index is 2870. The van der Waals surface area contributed by atoms with Gasteiger partial charge < -0.3 is 9.55 Å². The third-order valence-corrected chi connectivity index (χ3v) is 14.3. The van der Waals surface area contributed by atoms with E-state index in [9.17, 15) is 0 Å². The third kappa shape index (κ3) is 11.2. The van der Waals surface area contributed by atoms with Crippen LogP contribution in [-0.2, 0) is 18.6 Å². The van der Waals surface area contributed by atoms with Gasteiger partial charge in [0.2, 0.25) is 0 Å². The minimum atomic E-state index is -0.553. The Morgan fingerprint density at radius 2 is 0.915 bits per heavy atom. The molecule has 4 aromatic heterocycles. The van der Waals surface area contributed by atoms with Crippen molar-refractivity contribution in [3.63, 3.8) is 0 Å². The van der Waals surface area contributed by atoms with Gasteiger partial charge in [-0.15, -0.1) is 0 Å². The molecule has 2 saturated heterocycles. The zero-order valence-corrected chi connectivity index (χ0v) is 41.2. The quantitative estimate of drug-likeness (QED) is 0.108. The van der Waals surface area contributed by atoms with Crippen LogP contribution >= 0.6 is 23.2 Å². The molecule has 2 fully saturated rings. The number of nitrogens with zero attached hydrogens (tertiary/aromatic N) is 9. The molecule has 5 aromatic carbocycles. The van der Waals surface area contributed by atoms with E-state index in [0.717, 1.165) is 98.3 Å². The van der Waals surface area contributed by atoms with Crippen LogP contribution in [0.15, 0.2) is 213 Å². The average Bonchev–Trinajstić information content (AvgIpc) is 4.14. The largest absolute Gasteiger partial charge is 0.347 e. The number of rotatable bonds is 14. The van der Waals surface area contributed by atoms with Gasteiger partial charge in [0.05, 0.1) is 41.8 Å². The molecular weight excluding hydrogens is 920 g/mol. The Balaban J connectivity index is 0.000000190. The molecule has 0 bridgehead atoms. The van der Waals surface area contributed by atoms with Crippen LogP contribution in [-0.4, -0.2) is 101 Å². The SMILES string of the molecule is Clc1ccc(C(c2ccccn2)N2CCN(Cc3cn(C(c4ccccc4)(c4ccccc4)c4ccccc4)cn3)CC2)cc1.Clc1ccc(C(c2ccccn2)N2CCN(Cc3cnc[nH]3)CC2)cc1. The maximum atomic E-state index is 6.23. The van der Waals surface area contributed by atoms with Gasteiger partial charge >= 0.3 is 0 Å². The highest BCUT2D eigenvalue weighted by molar-refractivity contribution is 6.30. The first kappa shape index (κ1) is 47.9. The predicted molar refractivity (Wildman–Crippen MR) is 284 cm³/mol. The van der Waals surface area contributed by atoms with Gasteiger partial charge in [-0.05, 0) is 76.3 Å². The number of halogens is 2. The molecule has 2 aliphatic rings. The first-order valence-electron chi connectivity index (χ1n) is 24.4. The third-order valence-electron chi connectivity index (χ3n) is 13.8. The Morgan fingerprint density at radius 3 is 1.32 bits per heavy atom. The van der Waals surface area contributed by atoms with E-state index in [1.54, 1.807) is 6.33 Å². The van der Waals surface area contributed by atoms with Crippen LogP contribution in [0.5, 0.6) is 0 Å². The van der Waals surface area contributed by atoms with Crippen molar-refractivity contribution >= 4 is 23.2 Å². The molecule has 2 atom stereocenters. The fourth-order valence-electron chi connectivity index (χ4n) is 10.3. The zero-order chi connectivity index (χ0) is 48.2. The first-order valence-corrected chi connectivity index (χ1v) is 25.2. The standard InChI is InChI=1S/C39H36ClN5.C20H22ClN5/c40-35-21-19-31(20-22-35)38(37-18-10-11-23-41-37)44-26-24-43(25-27-44)28-36-29-45(30-42-36)39(32-12-4-1-5-13-32,33-14-6-2-7-15-33)34-16-8-3-9-17-34;21-17-6-4-16(5-7-17)20(19-3-1-2-8-23-19)26-11-9-25(10-12-26)14-18-13-22-15-24-18/h1-23,29-30,38H,24-28H2;1-8,13,15,20H,9-12,14H2,(H,22,24). The molecule has 2 aliphatic heterocycles. The lowest BCUT2D eigenvalue weighted by Crippen LogP contribution is -2.47. The van der Waals surface area contributed by atoms with Gasteiger partial charge in [-0.3, -0.25) is 29.6 Å². The molecule has 9 aromatic rings. The molecule has 11 rings (SSSR count). The average molecular weight is 978 g/mol. The van der Waals surface area contributed by atoms with Crippen molar-refractivity contribution in [2.45, 2.75) is 30.7 Å². The van der Waals surface area contributed by atoms with Crippen LogP contribution in [0.4, 0.5) is 0 Å². The topological polar surface area (TPSA) is 85.2 Å². The van der Waals surface area contributed by atoms with Crippen molar-refractivity contribution in [1.29, 1.82) is 0 Å². The summed E-state index contributed by atoms with van der Waals surface area (Å²) in [5.74, 6) is 0. The number of aromatic amines is 1. The molecule has 0 aliphatic carbocycles. The van der Waals surface area contributed by atoms with Gasteiger partial charge in [-0.1, -0.05) is 151 Å². The van der Waals surface area contributed by atoms with Crippen molar-refractivity contribution in [3.05, 3.63) is 274 Å². The fourth-order valence-corrected chi connectivity index (χ4v) is 10.6. The molecule has 1 N–H and O–H groups in total. The molecule has 358 valence electrons. The van der Waals surface area contributed by atoms with E-state index < -0.39 is 5.54 Å². The van der Waals surface area contributed by atoms with E-state index in [2.05, 4.69) is 185 Å². The highest BCUT2D eigenvalue weighted by atomic mass is 35.5. The number of H-pyrrole nitrogens is 1. The summed E-state index contributed by atoms with van der Waals surface area (Å²) in [7, 11) is 0. The van der Waals surface area contributed by atoms with E-state index in [4.69, 9.17) is 33.2 Å². The second-order valence-corrected chi connectivity index (χ2v) is 19.1. The van der Waals surface area contributed by atoms with E-state index in [0.29, 0.717) is 0 Å². The monoisotopic (exact) mass is 976 g/mol. The second kappa shape index (κ2) is 23.0. The lowest BCUT2D eigenvalue weighted by atomic mass is 9.77. The number of benzene rings is 5. The number of hydrogen-bond acceptors (Lipinski definition) is 8. The number of pyridine rings is 2. The van der Waals surface area contributed by atoms with Gasteiger partial charge in [0.25, 0.3) is 0 Å². The van der Waals surface area contributed by atoms with Crippen LogP contribution < -0.4 is 0 Å². The minimum Gasteiger partial charge on any atom is -0.347 e. The van der Waals surface area contributed by atoms with Crippen LogP contribution in [0.1, 0.15) is 62.7 Å². The molecule has 12 heteroatoms. The molecular formula is C59H58Cl2N10. The molecule has 71 heavy (non-hydrogen) atoms. The summed E-state index contributed by atoms with van der Waals surface area (Å²) in [6.45, 7) is 9.53. The molecule has 6 heterocycles. The molecule has 0 spiro atoms. The summed E-state index contributed by atoms with van der Waals surface area (Å²) >= 11 is 12.3. The van der Waals surface area contributed by atoms with Crippen LogP contribution in [0.3, 0.4) is 0 Å². The van der Waals surface area contributed by atoms with Crippen LogP contribution in [0.2, 0.25) is 10.0 Å². The van der Waals surface area contributed by atoms with E-state index >= 15 is 0 Å². The van der Waals surface area contributed by atoms with Crippen molar-refractivity contribution in [2.24, 2.45) is 0 Å². The van der Waals surface area contributed by atoms with Crippen LogP contribution in [0.25, 0.3) is 0 Å². The molecule has 10 nitrogen and oxygen atoms in total. The molecule has 0 radical (unpaired) electrons. The maximum Gasteiger partial charge on any atom is 0.121 e. The summed E-state index contributed by atoms with van der Waals surface area (Å²) in [5, 5.41) is 1.51. The second-order valence-electron chi connectivity index (χ2n) is 18.2. The van der Waals surface area contributed by atoms with Crippen LogP contribution in [0, 0.1) is 0 Å². The fraction of sp³-hybridized carbons (Fsp3) is 0.220. The van der Waals surface area contributed by atoms with E-state index in [-0.39, 0.29) is 12.1 Å². The number of nitrogens with one attached hydrogen (secondary N) is 1. The number of hydrogen-bond donors (Lipinski definition) is 1. The van der Waals surface area contributed by atoms with Gasteiger partial charge in [-0.2, -0.15) is 0 Å². The Kier molecular flexibility index (Phi) is 15.5. The van der Waals surface area contributed by atoms with Crippen molar-refractivity contribution in [2.75, 3.05) is 52.4 Å². The lowest BCUT2D eigenvalue weighted by Gasteiger charge is -2.39. The summed E-state index contributed by atoms with van der Waals surface area (Å²) in [6.07, 6.45) is 11.6. The maximum absolute atomic E-state index is 6.23. The van der Waals surface area contributed by atoms with E-state index in [1.165, 1.54) is 27.8 Å². The number of imidazole rings is 2. The van der Waals surface area contributed by atoms with Crippen molar-refractivity contribution < 1.29 is 0 Å².